The van der Waals surface area contributed by atoms with Crippen LogP contribution in [-0.2, 0) is 16.1 Å². The van der Waals surface area contributed by atoms with Gasteiger partial charge < -0.3 is 24.8 Å². The van der Waals surface area contributed by atoms with E-state index in [0.717, 1.165) is 24.4 Å². The molecule has 0 bridgehead atoms. The van der Waals surface area contributed by atoms with E-state index >= 15 is 0 Å². The molecular formula is C20H27Cl2N3O4. The lowest BCUT2D eigenvalue weighted by Crippen LogP contribution is -2.53. The van der Waals surface area contributed by atoms with E-state index in [1.165, 1.54) is 0 Å². The number of carbonyl (C=O) groups is 1. The van der Waals surface area contributed by atoms with Gasteiger partial charge in [0.2, 0.25) is 5.88 Å². The summed E-state index contributed by atoms with van der Waals surface area (Å²) in [7, 11) is 3.20. The molecule has 1 fully saturated rings. The molecule has 160 valence electrons. The number of rotatable bonds is 7. The minimum atomic E-state index is -0.742. The van der Waals surface area contributed by atoms with Crippen LogP contribution < -0.4 is 20.1 Å². The molecule has 0 aliphatic carbocycles. The molecule has 1 aromatic heterocycles. The number of amides is 1. The molecule has 3 rings (SSSR count). The number of piperidine rings is 1. The molecule has 1 aliphatic rings. The minimum Gasteiger partial charge on any atom is -0.497 e. The van der Waals surface area contributed by atoms with Gasteiger partial charge in [0.1, 0.15) is 17.1 Å². The third-order valence-corrected chi connectivity index (χ3v) is 4.73. The van der Waals surface area contributed by atoms with Crippen LogP contribution in [0.2, 0.25) is 0 Å². The third-order valence-electron chi connectivity index (χ3n) is 4.73. The highest BCUT2D eigenvalue weighted by atomic mass is 35.5. The van der Waals surface area contributed by atoms with Crippen molar-refractivity contribution in [1.82, 2.24) is 15.6 Å². The molecule has 0 spiro atoms. The number of hydrogen-bond donors (Lipinski definition) is 2. The normalized spacial score (nSPS) is 14.7. The van der Waals surface area contributed by atoms with E-state index in [1.807, 2.05) is 24.3 Å². The highest BCUT2D eigenvalue weighted by Gasteiger charge is 2.39. The SMILES string of the molecule is COc1cccc(Oc2ccc(CNC(=O)C3(OC)CCNCC3)cn2)c1.Cl.Cl. The van der Waals surface area contributed by atoms with Crippen molar-refractivity contribution < 1.29 is 19.0 Å². The Balaban J connectivity index is 0.00000210. The van der Waals surface area contributed by atoms with Crippen molar-refractivity contribution in [3.05, 3.63) is 48.2 Å². The highest BCUT2D eigenvalue weighted by Crippen LogP contribution is 2.24. The monoisotopic (exact) mass is 443 g/mol. The van der Waals surface area contributed by atoms with E-state index in [4.69, 9.17) is 14.2 Å². The molecule has 7 nitrogen and oxygen atoms in total. The lowest BCUT2D eigenvalue weighted by atomic mass is 9.91. The van der Waals surface area contributed by atoms with Crippen LogP contribution in [-0.4, -0.2) is 43.8 Å². The molecule has 2 N–H and O–H groups in total. The van der Waals surface area contributed by atoms with Crippen molar-refractivity contribution in [2.75, 3.05) is 27.3 Å². The number of aromatic nitrogens is 1. The second-order valence-corrected chi connectivity index (χ2v) is 6.42. The lowest BCUT2D eigenvalue weighted by Gasteiger charge is -2.34. The van der Waals surface area contributed by atoms with E-state index in [-0.39, 0.29) is 30.7 Å². The first-order valence-electron chi connectivity index (χ1n) is 8.96. The Hall–Kier alpha value is -2.06. The maximum atomic E-state index is 12.6. The Labute approximate surface area is 183 Å². The molecule has 0 unspecified atom stereocenters. The summed E-state index contributed by atoms with van der Waals surface area (Å²) in [6, 6.07) is 11.0. The molecule has 1 amide bonds. The topological polar surface area (TPSA) is 81.7 Å². The predicted molar refractivity (Wildman–Crippen MR) is 115 cm³/mol. The second kappa shape index (κ2) is 11.8. The summed E-state index contributed by atoms with van der Waals surface area (Å²) in [5, 5.41) is 6.20. The molecule has 29 heavy (non-hydrogen) atoms. The zero-order chi connectivity index (χ0) is 19.1. The van der Waals surface area contributed by atoms with Crippen LogP contribution in [0.3, 0.4) is 0 Å². The molecule has 2 heterocycles. The van der Waals surface area contributed by atoms with Crippen LogP contribution in [0.4, 0.5) is 0 Å². The Bertz CT molecular complexity index is 769. The predicted octanol–water partition coefficient (Wildman–Crippen LogP) is 3.11. The van der Waals surface area contributed by atoms with Gasteiger partial charge in [-0.25, -0.2) is 4.98 Å². The molecular weight excluding hydrogens is 417 g/mol. The van der Waals surface area contributed by atoms with Crippen LogP contribution in [0.15, 0.2) is 42.6 Å². The van der Waals surface area contributed by atoms with E-state index in [0.29, 0.717) is 31.0 Å². The van der Waals surface area contributed by atoms with Crippen molar-refractivity contribution in [3.8, 4) is 17.4 Å². The van der Waals surface area contributed by atoms with Gasteiger partial charge in [0.15, 0.2) is 0 Å². The van der Waals surface area contributed by atoms with Gasteiger partial charge in [0, 0.05) is 32.0 Å². The van der Waals surface area contributed by atoms with Crippen LogP contribution in [0.25, 0.3) is 0 Å². The molecule has 9 heteroatoms. The molecule has 0 atom stereocenters. The van der Waals surface area contributed by atoms with Gasteiger partial charge in [-0.1, -0.05) is 12.1 Å². The summed E-state index contributed by atoms with van der Waals surface area (Å²) in [4.78, 5) is 16.9. The first kappa shape index (κ1) is 25.0. The summed E-state index contributed by atoms with van der Waals surface area (Å²) < 4.78 is 16.4. The Morgan fingerprint density at radius 2 is 1.86 bits per heavy atom. The fourth-order valence-electron chi connectivity index (χ4n) is 3.06. The summed E-state index contributed by atoms with van der Waals surface area (Å²) in [5.41, 5.74) is 0.148. The van der Waals surface area contributed by atoms with Gasteiger partial charge in [0.05, 0.1) is 7.11 Å². The molecule has 1 saturated heterocycles. The molecule has 1 aliphatic heterocycles. The first-order valence-corrected chi connectivity index (χ1v) is 8.96. The Kier molecular flexibility index (Phi) is 10.2. The van der Waals surface area contributed by atoms with Gasteiger partial charge in [-0.2, -0.15) is 0 Å². The zero-order valence-electron chi connectivity index (χ0n) is 16.5. The number of nitrogens with one attached hydrogen (secondary N) is 2. The Morgan fingerprint density at radius 3 is 2.48 bits per heavy atom. The standard InChI is InChI=1S/C20H25N3O4.2ClH/c1-25-16-4-3-5-17(12-16)27-18-7-6-15(13-22-18)14-23-19(24)20(26-2)8-10-21-11-9-20;;/h3-7,12-13,21H,8-11,14H2,1-2H3,(H,23,24);2*1H. The lowest BCUT2D eigenvalue weighted by molar-refractivity contribution is -0.146. The van der Waals surface area contributed by atoms with Crippen molar-refractivity contribution in [3.63, 3.8) is 0 Å². The number of methoxy groups -OCH3 is 2. The number of halogens is 2. The average Bonchev–Trinajstić information content (AvgIpc) is 2.73. The molecule has 2 aromatic rings. The minimum absolute atomic E-state index is 0. The summed E-state index contributed by atoms with van der Waals surface area (Å²) in [6.07, 6.45) is 3.03. The van der Waals surface area contributed by atoms with Gasteiger partial charge >= 0.3 is 0 Å². The van der Waals surface area contributed by atoms with Crippen LogP contribution in [0.5, 0.6) is 17.4 Å². The van der Waals surface area contributed by atoms with Crippen LogP contribution in [0, 0.1) is 0 Å². The van der Waals surface area contributed by atoms with Gasteiger partial charge in [-0.05, 0) is 43.6 Å². The maximum absolute atomic E-state index is 12.6. The van der Waals surface area contributed by atoms with Crippen molar-refractivity contribution in [1.29, 1.82) is 0 Å². The quantitative estimate of drug-likeness (QED) is 0.683. The number of nitrogens with zero attached hydrogens (tertiary/aromatic N) is 1. The van der Waals surface area contributed by atoms with E-state index in [9.17, 15) is 4.79 Å². The molecule has 0 radical (unpaired) electrons. The fourth-order valence-corrected chi connectivity index (χ4v) is 3.06. The largest absolute Gasteiger partial charge is 0.497 e. The molecule has 1 aromatic carbocycles. The van der Waals surface area contributed by atoms with Gasteiger partial charge in [-0.3, -0.25) is 4.79 Å². The maximum Gasteiger partial charge on any atom is 0.252 e. The van der Waals surface area contributed by atoms with Crippen molar-refractivity contribution >= 4 is 30.7 Å². The third kappa shape index (κ3) is 6.47. The van der Waals surface area contributed by atoms with Crippen molar-refractivity contribution in [2.45, 2.75) is 25.0 Å². The fraction of sp³-hybridized carbons (Fsp3) is 0.400. The van der Waals surface area contributed by atoms with Crippen LogP contribution >= 0.6 is 24.8 Å². The molecule has 0 saturated carbocycles. The van der Waals surface area contributed by atoms with Gasteiger partial charge in [0.25, 0.3) is 5.91 Å². The smallest absolute Gasteiger partial charge is 0.252 e. The zero-order valence-corrected chi connectivity index (χ0v) is 18.1. The number of pyridine rings is 1. The number of ether oxygens (including phenoxy) is 3. The first-order chi connectivity index (χ1) is 13.1. The number of hydrogen-bond acceptors (Lipinski definition) is 6. The summed E-state index contributed by atoms with van der Waals surface area (Å²) >= 11 is 0. The van der Waals surface area contributed by atoms with E-state index in [2.05, 4.69) is 15.6 Å². The number of benzene rings is 1. The van der Waals surface area contributed by atoms with E-state index < -0.39 is 5.60 Å². The average molecular weight is 444 g/mol. The number of carbonyl (C=O) groups excluding carboxylic acids is 1. The Morgan fingerprint density at radius 1 is 1.14 bits per heavy atom. The highest BCUT2D eigenvalue weighted by molar-refractivity contribution is 5.86. The summed E-state index contributed by atoms with van der Waals surface area (Å²) in [6.45, 7) is 1.95. The summed E-state index contributed by atoms with van der Waals surface area (Å²) in [5.74, 6) is 1.76. The van der Waals surface area contributed by atoms with Gasteiger partial charge in [-0.15, -0.1) is 24.8 Å². The van der Waals surface area contributed by atoms with Crippen molar-refractivity contribution in [2.24, 2.45) is 0 Å². The second-order valence-electron chi connectivity index (χ2n) is 6.42. The van der Waals surface area contributed by atoms with Crippen LogP contribution in [0.1, 0.15) is 18.4 Å². The van der Waals surface area contributed by atoms with E-state index in [1.54, 1.807) is 32.5 Å².